The molecule has 102 valence electrons. The summed E-state index contributed by atoms with van der Waals surface area (Å²) in [5, 5.41) is 21.4. The van der Waals surface area contributed by atoms with E-state index in [1.54, 1.807) is 33.8 Å². The van der Waals surface area contributed by atoms with Gasteiger partial charge in [0.05, 0.1) is 5.56 Å². The molecule has 0 atom stereocenters. The minimum Gasteiger partial charge on any atom is -0.478 e. The summed E-state index contributed by atoms with van der Waals surface area (Å²) < 4.78 is 3.42. The van der Waals surface area contributed by atoms with Crippen molar-refractivity contribution in [3.63, 3.8) is 0 Å². The van der Waals surface area contributed by atoms with E-state index < -0.39 is 5.97 Å². The zero-order chi connectivity index (χ0) is 14.1. The molecule has 0 amide bonds. The predicted octanol–water partition coefficient (Wildman–Crippen LogP) is 1.11. The molecule has 7 heteroatoms. The highest BCUT2D eigenvalue weighted by Gasteiger charge is 2.14. The SMILES string of the molecule is Cn1nccc1CCn1nnc2cccc(C(=O)O)c21. The van der Waals surface area contributed by atoms with Crippen LogP contribution in [0.4, 0.5) is 0 Å². The maximum atomic E-state index is 11.3. The highest BCUT2D eigenvalue weighted by Crippen LogP contribution is 2.17. The third kappa shape index (κ3) is 2.03. The lowest BCUT2D eigenvalue weighted by Gasteiger charge is -2.05. The van der Waals surface area contributed by atoms with Gasteiger partial charge in [0.15, 0.2) is 0 Å². The summed E-state index contributed by atoms with van der Waals surface area (Å²) in [7, 11) is 1.87. The Morgan fingerprint density at radius 2 is 2.20 bits per heavy atom. The second kappa shape index (κ2) is 4.76. The number of hydrogen-bond donors (Lipinski definition) is 1. The molecule has 0 saturated carbocycles. The summed E-state index contributed by atoms with van der Waals surface area (Å²) in [6.45, 7) is 0.556. The van der Waals surface area contributed by atoms with Crippen molar-refractivity contribution < 1.29 is 9.90 Å². The van der Waals surface area contributed by atoms with E-state index in [1.807, 2.05) is 13.1 Å². The van der Waals surface area contributed by atoms with E-state index in [0.29, 0.717) is 24.0 Å². The van der Waals surface area contributed by atoms with Gasteiger partial charge >= 0.3 is 5.97 Å². The molecule has 7 nitrogen and oxygen atoms in total. The van der Waals surface area contributed by atoms with Gasteiger partial charge in [0, 0.05) is 31.9 Å². The number of carboxylic acid groups (broad SMARTS) is 1. The van der Waals surface area contributed by atoms with Gasteiger partial charge in [-0.15, -0.1) is 5.10 Å². The second-order valence-corrected chi connectivity index (χ2v) is 4.49. The molecule has 0 spiro atoms. The average molecular weight is 271 g/mol. The van der Waals surface area contributed by atoms with Gasteiger partial charge in [-0.05, 0) is 18.2 Å². The third-order valence-electron chi connectivity index (χ3n) is 3.27. The largest absolute Gasteiger partial charge is 0.478 e. The van der Waals surface area contributed by atoms with Crippen LogP contribution in [0.5, 0.6) is 0 Å². The van der Waals surface area contributed by atoms with E-state index in [-0.39, 0.29) is 5.56 Å². The lowest BCUT2D eigenvalue weighted by atomic mass is 10.2. The van der Waals surface area contributed by atoms with E-state index in [9.17, 15) is 9.90 Å². The number of aromatic carboxylic acids is 1. The van der Waals surface area contributed by atoms with Crippen LogP contribution in [0.1, 0.15) is 16.1 Å². The molecule has 3 rings (SSSR count). The summed E-state index contributed by atoms with van der Waals surface area (Å²) >= 11 is 0. The van der Waals surface area contributed by atoms with Gasteiger partial charge in [0.2, 0.25) is 0 Å². The van der Waals surface area contributed by atoms with Crippen LogP contribution < -0.4 is 0 Å². The number of nitrogens with zero attached hydrogens (tertiary/aromatic N) is 5. The van der Waals surface area contributed by atoms with Crippen LogP contribution in [-0.2, 0) is 20.0 Å². The van der Waals surface area contributed by atoms with Gasteiger partial charge in [0.1, 0.15) is 11.0 Å². The number of hydrogen-bond acceptors (Lipinski definition) is 4. The Morgan fingerprint density at radius 3 is 2.90 bits per heavy atom. The van der Waals surface area contributed by atoms with Crippen molar-refractivity contribution >= 4 is 17.0 Å². The molecule has 20 heavy (non-hydrogen) atoms. The molecule has 0 aliphatic rings. The molecule has 1 N–H and O–H groups in total. The molecular weight excluding hydrogens is 258 g/mol. The van der Waals surface area contributed by atoms with E-state index >= 15 is 0 Å². The van der Waals surface area contributed by atoms with Crippen LogP contribution in [0.2, 0.25) is 0 Å². The lowest BCUT2D eigenvalue weighted by molar-refractivity contribution is 0.0698. The fourth-order valence-corrected chi connectivity index (χ4v) is 2.23. The number of para-hydroxylation sites is 1. The first kappa shape index (κ1) is 12.3. The molecule has 0 radical (unpaired) electrons. The van der Waals surface area contributed by atoms with Crippen molar-refractivity contribution in [1.82, 2.24) is 24.8 Å². The first-order valence-electron chi connectivity index (χ1n) is 6.19. The maximum absolute atomic E-state index is 11.3. The van der Waals surface area contributed by atoms with Gasteiger partial charge < -0.3 is 5.11 Å². The topological polar surface area (TPSA) is 85.8 Å². The van der Waals surface area contributed by atoms with Crippen LogP contribution in [-0.4, -0.2) is 35.9 Å². The Kier molecular flexibility index (Phi) is 2.94. The highest BCUT2D eigenvalue weighted by atomic mass is 16.4. The van der Waals surface area contributed by atoms with Gasteiger partial charge in [-0.2, -0.15) is 5.10 Å². The molecule has 0 bridgehead atoms. The van der Waals surface area contributed by atoms with Crippen molar-refractivity contribution in [2.45, 2.75) is 13.0 Å². The van der Waals surface area contributed by atoms with Crippen LogP contribution in [0.3, 0.4) is 0 Å². The van der Waals surface area contributed by atoms with Crippen molar-refractivity contribution in [3.05, 3.63) is 41.7 Å². The molecule has 0 aliphatic heterocycles. The lowest BCUT2D eigenvalue weighted by Crippen LogP contribution is -2.09. The Bertz CT molecular complexity index is 774. The number of rotatable bonds is 4. The van der Waals surface area contributed by atoms with Gasteiger partial charge in [-0.25, -0.2) is 9.48 Å². The Morgan fingerprint density at radius 1 is 1.35 bits per heavy atom. The number of aryl methyl sites for hydroxylation is 3. The first-order valence-corrected chi connectivity index (χ1v) is 6.19. The normalized spacial score (nSPS) is 11.1. The van der Waals surface area contributed by atoms with E-state index in [1.165, 1.54) is 0 Å². The first-order chi connectivity index (χ1) is 9.66. The number of benzene rings is 1. The molecule has 0 aliphatic carbocycles. The van der Waals surface area contributed by atoms with Crippen molar-refractivity contribution in [2.75, 3.05) is 0 Å². The van der Waals surface area contributed by atoms with Gasteiger partial charge in [-0.3, -0.25) is 4.68 Å². The number of aromatic nitrogens is 5. The third-order valence-corrected chi connectivity index (χ3v) is 3.27. The summed E-state index contributed by atoms with van der Waals surface area (Å²) in [4.78, 5) is 11.3. The molecule has 1 aromatic carbocycles. The van der Waals surface area contributed by atoms with Crippen molar-refractivity contribution in [3.8, 4) is 0 Å². The minimum atomic E-state index is -0.973. The number of carboxylic acids is 1. The van der Waals surface area contributed by atoms with Gasteiger partial charge in [-0.1, -0.05) is 11.3 Å². The van der Waals surface area contributed by atoms with E-state index in [2.05, 4.69) is 15.4 Å². The second-order valence-electron chi connectivity index (χ2n) is 4.49. The van der Waals surface area contributed by atoms with Crippen LogP contribution in [0, 0.1) is 0 Å². The predicted molar refractivity (Wildman–Crippen MR) is 71.4 cm³/mol. The Hall–Kier alpha value is -2.70. The van der Waals surface area contributed by atoms with Crippen LogP contribution in [0.15, 0.2) is 30.5 Å². The molecule has 0 fully saturated rings. The molecule has 2 aromatic heterocycles. The summed E-state index contributed by atoms with van der Waals surface area (Å²) in [5.74, 6) is -0.973. The standard InChI is InChI=1S/C13H13N5O2/c1-17-9(5-7-14-17)6-8-18-12-10(13(19)20)3-2-4-11(12)15-16-18/h2-5,7H,6,8H2,1H3,(H,19,20). The minimum absolute atomic E-state index is 0.220. The van der Waals surface area contributed by atoms with Crippen molar-refractivity contribution in [2.24, 2.45) is 7.05 Å². The fraction of sp³-hybridized carbons (Fsp3) is 0.231. The summed E-state index contributed by atoms with van der Waals surface area (Å²) in [5.41, 5.74) is 2.43. The molecule has 3 aromatic rings. The highest BCUT2D eigenvalue weighted by molar-refractivity contribution is 6.00. The van der Waals surface area contributed by atoms with E-state index in [0.717, 1.165) is 5.69 Å². The van der Waals surface area contributed by atoms with Crippen molar-refractivity contribution in [1.29, 1.82) is 0 Å². The molecule has 2 heterocycles. The summed E-state index contributed by atoms with van der Waals surface area (Å²) in [6.07, 6.45) is 2.44. The molecule has 0 saturated heterocycles. The monoisotopic (exact) mass is 271 g/mol. The van der Waals surface area contributed by atoms with E-state index in [4.69, 9.17) is 0 Å². The Balaban J connectivity index is 1.96. The zero-order valence-corrected chi connectivity index (χ0v) is 10.9. The number of carbonyl (C=O) groups is 1. The maximum Gasteiger partial charge on any atom is 0.337 e. The van der Waals surface area contributed by atoms with Gasteiger partial charge in [0.25, 0.3) is 0 Å². The molecule has 0 unspecified atom stereocenters. The molecular formula is C13H13N5O2. The smallest absolute Gasteiger partial charge is 0.337 e. The average Bonchev–Trinajstić information content (AvgIpc) is 3.02. The Labute approximate surface area is 114 Å². The fourth-order valence-electron chi connectivity index (χ4n) is 2.23. The zero-order valence-electron chi connectivity index (χ0n) is 10.9. The van der Waals surface area contributed by atoms with Crippen LogP contribution in [0.25, 0.3) is 11.0 Å². The quantitative estimate of drug-likeness (QED) is 0.768. The number of fused-ring (bicyclic) bond motifs is 1. The summed E-state index contributed by atoms with van der Waals surface area (Å²) in [6, 6.07) is 6.92. The van der Waals surface area contributed by atoms with Crippen LogP contribution >= 0.6 is 0 Å².